The van der Waals surface area contributed by atoms with E-state index in [2.05, 4.69) is 55.9 Å². The Bertz CT molecular complexity index is 600. The molecule has 0 aliphatic carbocycles. The molecular weight excluding hydrogens is 258 g/mol. The first-order valence-electron chi connectivity index (χ1n) is 5.67. The van der Waals surface area contributed by atoms with Crippen LogP contribution >= 0.6 is 22.7 Å². The van der Waals surface area contributed by atoms with E-state index in [1.165, 1.54) is 25.1 Å². The average molecular weight is 273 g/mol. The van der Waals surface area contributed by atoms with E-state index in [1.807, 2.05) is 28.7 Å². The van der Waals surface area contributed by atoms with Crippen molar-refractivity contribution in [1.82, 2.24) is 0 Å². The van der Waals surface area contributed by atoms with E-state index in [0.29, 0.717) is 0 Å². The van der Waals surface area contributed by atoms with Gasteiger partial charge in [0.25, 0.3) is 0 Å². The highest BCUT2D eigenvalue weighted by molar-refractivity contribution is 7.22. The number of rotatable bonds is 4. The molecule has 0 unspecified atom stereocenters. The molecule has 0 radical (unpaired) electrons. The van der Waals surface area contributed by atoms with Gasteiger partial charge in [-0.25, -0.2) is 0 Å². The highest BCUT2D eigenvalue weighted by Crippen LogP contribution is 2.35. The Hall–Kier alpha value is -1.45. The third-order valence-electron chi connectivity index (χ3n) is 2.52. The van der Waals surface area contributed by atoms with E-state index < -0.39 is 0 Å². The molecule has 0 spiro atoms. The molecule has 0 N–H and O–H groups in total. The highest BCUT2D eigenvalue weighted by atomic mass is 32.1. The van der Waals surface area contributed by atoms with E-state index in [-0.39, 0.29) is 0 Å². The van der Waals surface area contributed by atoms with Crippen LogP contribution in [0.15, 0.2) is 47.6 Å². The van der Waals surface area contributed by atoms with Crippen molar-refractivity contribution < 1.29 is 0 Å². The molecule has 0 saturated carbocycles. The number of hydrogen-bond acceptors (Lipinski definition) is 3. The summed E-state index contributed by atoms with van der Waals surface area (Å²) in [5.41, 5.74) is 1.25. The third-order valence-corrected chi connectivity index (χ3v) is 4.93. The van der Waals surface area contributed by atoms with Gasteiger partial charge in [-0.15, -0.1) is 22.7 Å². The first-order chi connectivity index (χ1) is 8.70. The number of nitrogens with zero attached hydrogens (tertiary/aromatic N) is 1. The van der Waals surface area contributed by atoms with Gasteiger partial charge in [-0.3, -0.25) is 4.99 Å². The second-order valence-electron chi connectivity index (χ2n) is 3.95. The van der Waals surface area contributed by atoms with Crippen molar-refractivity contribution >= 4 is 35.0 Å². The first-order valence-corrected chi connectivity index (χ1v) is 7.30. The van der Waals surface area contributed by atoms with Gasteiger partial charge in [0.1, 0.15) is 0 Å². The highest BCUT2D eigenvalue weighted by Gasteiger charge is 2.05. The van der Waals surface area contributed by atoms with Gasteiger partial charge in [0.2, 0.25) is 0 Å². The Labute approximate surface area is 116 Å². The number of hydrogen-bond donors (Lipinski definition) is 0. The lowest BCUT2D eigenvalue weighted by molar-refractivity contribution is 1.60. The average Bonchev–Trinajstić information content (AvgIpc) is 2.97. The summed E-state index contributed by atoms with van der Waals surface area (Å²) in [5, 5.41) is 0. The van der Waals surface area contributed by atoms with Crippen LogP contribution in [0.2, 0.25) is 0 Å². The first kappa shape index (κ1) is 13.0. The molecule has 2 aromatic rings. The van der Waals surface area contributed by atoms with Crippen LogP contribution in [0.1, 0.15) is 16.7 Å². The number of allylic oxidation sites excluding steroid dienone is 3. The second-order valence-corrected chi connectivity index (χ2v) is 6.32. The Kier molecular flexibility index (Phi) is 4.28. The van der Waals surface area contributed by atoms with Gasteiger partial charge in [0.05, 0.1) is 0 Å². The van der Waals surface area contributed by atoms with Crippen molar-refractivity contribution in [3.63, 3.8) is 0 Å². The van der Waals surface area contributed by atoms with Crippen LogP contribution in [0.5, 0.6) is 0 Å². The minimum Gasteiger partial charge on any atom is -0.273 e. The van der Waals surface area contributed by atoms with E-state index in [1.54, 1.807) is 6.20 Å². The molecular formula is C15H15NS2. The summed E-state index contributed by atoms with van der Waals surface area (Å²) in [6.45, 7) is 7.67. The SMILES string of the molecule is C=N/C=C\C=C(/C)c1ccc(-c2ccc(C)s2)s1. The molecule has 92 valence electrons. The molecule has 0 bridgehead atoms. The molecule has 2 aromatic heterocycles. The minimum absolute atomic E-state index is 1.25. The quantitative estimate of drug-likeness (QED) is 0.522. The van der Waals surface area contributed by atoms with Gasteiger partial charge in [-0.1, -0.05) is 6.08 Å². The molecule has 2 heterocycles. The van der Waals surface area contributed by atoms with E-state index in [0.717, 1.165) is 0 Å². The van der Waals surface area contributed by atoms with Crippen LogP contribution in [-0.2, 0) is 0 Å². The maximum Gasteiger partial charge on any atom is 0.0449 e. The molecule has 0 aliphatic rings. The Morgan fingerprint density at radius 1 is 1.17 bits per heavy atom. The molecule has 1 nitrogen and oxygen atoms in total. The molecule has 0 aliphatic heterocycles. The van der Waals surface area contributed by atoms with Crippen molar-refractivity contribution in [3.05, 3.63) is 52.4 Å². The zero-order valence-electron chi connectivity index (χ0n) is 10.5. The molecule has 0 fully saturated rings. The maximum absolute atomic E-state index is 3.69. The summed E-state index contributed by atoms with van der Waals surface area (Å²) in [5.74, 6) is 0. The molecule has 0 aromatic carbocycles. The third kappa shape index (κ3) is 3.06. The van der Waals surface area contributed by atoms with E-state index in [9.17, 15) is 0 Å². The largest absolute Gasteiger partial charge is 0.273 e. The molecule has 3 heteroatoms. The molecule has 0 atom stereocenters. The Morgan fingerprint density at radius 2 is 1.89 bits per heavy atom. The monoisotopic (exact) mass is 273 g/mol. The predicted octanol–water partition coefficient (Wildman–Crippen LogP) is 5.40. The normalized spacial score (nSPS) is 12.2. The Balaban J connectivity index is 2.22. The molecule has 0 amide bonds. The number of aryl methyl sites for hydroxylation is 1. The summed E-state index contributed by atoms with van der Waals surface area (Å²) in [6.07, 6.45) is 5.67. The lowest BCUT2D eigenvalue weighted by Crippen LogP contribution is -1.68. The summed E-state index contributed by atoms with van der Waals surface area (Å²) >= 11 is 3.67. The topological polar surface area (TPSA) is 12.4 Å². The zero-order valence-corrected chi connectivity index (χ0v) is 12.1. The van der Waals surface area contributed by atoms with Crippen LogP contribution < -0.4 is 0 Å². The lowest BCUT2D eigenvalue weighted by atomic mass is 10.2. The summed E-state index contributed by atoms with van der Waals surface area (Å²) in [4.78, 5) is 9.02. The molecule has 18 heavy (non-hydrogen) atoms. The van der Waals surface area contributed by atoms with E-state index >= 15 is 0 Å². The van der Waals surface area contributed by atoms with Crippen molar-refractivity contribution in [3.8, 4) is 9.75 Å². The van der Waals surface area contributed by atoms with Crippen molar-refractivity contribution in [2.45, 2.75) is 13.8 Å². The standard InChI is InChI=1S/C15H15NS2/c1-11(5-4-10-16-3)13-8-9-15(18-13)14-7-6-12(2)17-14/h4-10H,3H2,1-2H3/b10-4-,11-5+. The van der Waals surface area contributed by atoms with Crippen LogP contribution in [-0.4, -0.2) is 6.72 Å². The van der Waals surface area contributed by atoms with Gasteiger partial charge in [-0.05, 0) is 56.5 Å². The van der Waals surface area contributed by atoms with Crippen LogP contribution in [0.4, 0.5) is 0 Å². The molecule has 2 rings (SSSR count). The second kappa shape index (κ2) is 5.94. The fourth-order valence-corrected chi connectivity index (χ4v) is 3.52. The van der Waals surface area contributed by atoms with Gasteiger partial charge < -0.3 is 0 Å². The van der Waals surface area contributed by atoms with Crippen LogP contribution in [0, 0.1) is 6.92 Å². The number of aliphatic imine (C=N–C) groups is 1. The Morgan fingerprint density at radius 3 is 2.56 bits per heavy atom. The van der Waals surface area contributed by atoms with Gasteiger partial charge in [-0.2, -0.15) is 0 Å². The smallest absolute Gasteiger partial charge is 0.0449 e. The lowest BCUT2D eigenvalue weighted by Gasteiger charge is -1.93. The number of thiophene rings is 2. The van der Waals surface area contributed by atoms with Gasteiger partial charge >= 0.3 is 0 Å². The zero-order chi connectivity index (χ0) is 13.0. The fourth-order valence-electron chi connectivity index (χ4n) is 1.58. The van der Waals surface area contributed by atoms with Crippen LogP contribution in [0.25, 0.3) is 15.3 Å². The molecule has 0 saturated heterocycles. The fraction of sp³-hybridized carbons (Fsp3) is 0.133. The predicted molar refractivity (Wildman–Crippen MR) is 84.7 cm³/mol. The minimum atomic E-state index is 1.25. The summed E-state index contributed by atoms with van der Waals surface area (Å²) < 4.78 is 0. The van der Waals surface area contributed by atoms with Crippen molar-refractivity contribution in [1.29, 1.82) is 0 Å². The van der Waals surface area contributed by atoms with Gasteiger partial charge in [0, 0.05) is 25.7 Å². The van der Waals surface area contributed by atoms with Crippen molar-refractivity contribution in [2.24, 2.45) is 4.99 Å². The van der Waals surface area contributed by atoms with Crippen molar-refractivity contribution in [2.75, 3.05) is 0 Å². The summed E-state index contributed by atoms with van der Waals surface area (Å²) in [6, 6.07) is 8.73. The van der Waals surface area contributed by atoms with Gasteiger partial charge in [0.15, 0.2) is 0 Å². The maximum atomic E-state index is 3.69. The van der Waals surface area contributed by atoms with Crippen LogP contribution in [0.3, 0.4) is 0 Å². The van der Waals surface area contributed by atoms with E-state index in [4.69, 9.17) is 0 Å². The summed E-state index contributed by atoms with van der Waals surface area (Å²) in [7, 11) is 0.